The van der Waals surface area contributed by atoms with Gasteiger partial charge in [0.2, 0.25) is 0 Å². The van der Waals surface area contributed by atoms with Crippen LogP contribution in [0.2, 0.25) is 0 Å². The minimum atomic E-state index is -2.84. The number of ether oxygens (including phenoxy) is 1. The predicted molar refractivity (Wildman–Crippen MR) is 118 cm³/mol. The van der Waals surface area contributed by atoms with Gasteiger partial charge in [-0.2, -0.15) is 0 Å². The zero-order valence-electron chi connectivity index (χ0n) is 16.4. The minimum absolute atomic E-state index is 0. The fraction of sp³-hybridized carbons (Fsp3) is 0.947. The average molecular weight is 511 g/mol. The van der Waals surface area contributed by atoms with Crippen molar-refractivity contribution in [1.29, 1.82) is 0 Å². The first kappa shape index (κ1) is 21.6. The van der Waals surface area contributed by atoms with Crippen LogP contribution in [0.4, 0.5) is 0 Å². The van der Waals surface area contributed by atoms with E-state index in [0.29, 0.717) is 47.6 Å². The highest BCUT2D eigenvalue weighted by molar-refractivity contribution is 14.0. The molecule has 4 aliphatic rings. The van der Waals surface area contributed by atoms with Gasteiger partial charge in [0.1, 0.15) is 0 Å². The van der Waals surface area contributed by atoms with Crippen molar-refractivity contribution in [2.24, 2.45) is 22.2 Å². The number of nitrogens with zero attached hydrogens (tertiary/aromatic N) is 1. The molecule has 2 aliphatic carbocycles. The van der Waals surface area contributed by atoms with Crippen LogP contribution in [0, 0.1) is 17.3 Å². The molecule has 2 saturated heterocycles. The van der Waals surface area contributed by atoms with E-state index >= 15 is 0 Å². The number of nitrogens with one attached hydrogen (secondary N) is 2. The molecule has 2 heterocycles. The van der Waals surface area contributed by atoms with Crippen LogP contribution in [0.1, 0.15) is 52.4 Å². The maximum Gasteiger partial charge on any atom is 0.191 e. The first-order chi connectivity index (χ1) is 12.4. The molecule has 2 saturated carbocycles. The summed E-state index contributed by atoms with van der Waals surface area (Å²) < 4.78 is 29.4. The summed E-state index contributed by atoms with van der Waals surface area (Å²) in [4.78, 5) is 4.81. The molecule has 0 amide bonds. The molecular formula is C19H34IN3O3S. The van der Waals surface area contributed by atoms with Gasteiger partial charge in [0.15, 0.2) is 15.8 Å². The molecule has 4 rings (SSSR count). The van der Waals surface area contributed by atoms with E-state index in [9.17, 15) is 8.42 Å². The van der Waals surface area contributed by atoms with Crippen molar-refractivity contribution in [2.45, 2.75) is 70.6 Å². The largest absolute Gasteiger partial charge is 0.377 e. The summed E-state index contributed by atoms with van der Waals surface area (Å²) in [6.45, 7) is 5.81. The molecule has 0 aromatic carbocycles. The monoisotopic (exact) mass is 511 g/mol. The molecule has 8 heteroatoms. The summed E-state index contributed by atoms with van der Waals surface area (Å²) >= 11 is 0. The Morgan fingerprint density at radius 3 is 2.70 bits per heavy atom. The Morgan fingerprint density at radius 2 is 2.11 bits per heavy atom. The molecule has 0 aromatic heterocycles. The Bertz CT molecular complexity index is 665. The van der Waals surface area contributed by atoms with Crippen LogP contribution in [0.5, 0.6) is 0 Å². The normalized spacial score (nSPS) is 36.9. The van der Waals surface area contributed by atoms with Gasteiger partial charge in [0, 0.05) is 36.6 Å². The number of aliphatic imine (C=N–C) groups is 1. The quantitative estimate of drug-likeness (QED) is 0.337. The average Bonchev–Trinajstić information content (AvgIpc) is 3.12. The highest BCUT2D eigenvalue weighted by Crippen LogP contribution is 2.62. The van der Waals surface area contributed by atoms with Crippen molar-refractivity contribution >= 4 is 39.8 Å². The zero-order chi connectivity index (χ0) is 18.4. The lowest BCUT2D eigenvalue weighted by atomic mass is 9.46. The van der Waals surface area contributed by atoms with E-state index < -0.39 is 9.84 Å². The molecule has 156 valence electrons. The third-order valence-electron chi connectivity index (χ3n) is 7.16. The molecule has 0 aromatic rings. The van der Waals surface area contributed by atoms with Crippen LogP contribution >= 0.6 is 24.0 Å². The SMILES string of the molecule is CCC(C)NC(=NCC1CCS(=O)(=O)C1)NC1C2CCOC2C12CCC2.I. The fourth-order valence-electron chi connectivity index (χ4n) is 5.31. The Morgan fingerprint density at radius 1 is 1.33 bits per heavy atom. The van der Waals surface area contributed by atoms with E-state index in [1.165, 1.54) is 19.3 Å². The van der Waals surface area contributed by atoms with Gasteiger partial charge in [-0.3, -0.25) is 4.99 Å². The summed E-state index contributed by atoms with van der Waals surface area (Å²) in [5.41, 5.74) is 0.315. The standard InChI is InChI=1S/C19H33N3O3S.HI/c1-3-13(2)21-18(20-11-14-6-10-26(23,24)12-14)22-16-15-5-9-25-17(15)19(16)7-4-8-19;/h13-17H,3-12H2,1-2H3,(H2,20,21,22);1H. The molecule has 2 N–H and O–H groups in total. The fourth-order valence-corrected chi connectivity index (χ4v) is 7.16. The molecule has 0 radical (unpaired) electrons. The van der Waals surface area contributed by atoms with Gasteiger partial charge in [-0.1, -0.05) is 13.3 Å². The molecule has 0 bridgehead atoms. The molecule has 6 nitrogen and oxygen atoms in total. The highest BCUT2D eigenvalue weighted by atomic mass is 127. The maximum atomic E-state index is 11.7. The lowest BCUT2D eigenvalue weighted by Crippen LogP contribution is -2.72. The Kier molecular flexibility index (Phi) is 6.68. The third kappa shape index (κ3) is 4.13. The predicted octanol–water partition coefficient (Wildman–Crippen LogP) is 2.33. The molecule has 1 spiro atoms. The summed E-state index contributed by atoms with van der Waals surface area (Å²) in [6, 6.07) is 0.799. The smallest absolute Gasteiger partial charge is 0.191 e. The van der Waals surface area contributed by atoms with Gasteiger partial charge < -0.3 is 15.4 Å². The number of hydrogen-bond acceptors (Lipinski definition) is 4. The molecule has 2 aliphatic heterocycles. The lowest BCUT2D eigenvalue weighted by Gasteiger charge is -2.63. The topological polar surface area (TPSA) is 79.8 Å². The van der Waals surface area contributed by atoms with Crippen molar-refractivity contribution in [1.82, 2.24) is 10.6 Å². The summed E-state index contributed by atoms with van der Waals surface area (Å²) in [5, 5.41) is 7.26. The van der Waals surface area contributed by atoms with E-state index in [-0.39, 0.29) is 29.9 Å². The first-order valence-electron chi connectivity index (χ1n) is 10.3. The third-order valence-corrected chi connectivity index (χ3v) is 9.00. The summed E-state index contributed by atoms with van der Waals surface area (Å²) in [6.07, 6.45) is 7.17. The van der Waals surface area contributed by atoms with Gasteiger partial charge in [0.25, 0.3) is 0 Å². The van der Waals surface area contributed by atoms with Crippen molar-refractivity contribution < 1.29 is 13.2 Å². The number of guanidine groups is 1. The second-order valence-corrected chi connectivity index (χ2v) is 11.1. The van der Waals surface area contributed by atoms with Crippen molar-refractivity contribution in [2.75, 3.05) is 24.7 Å². The zero-order valence-corrected chi connectivity index (χ0v) is 19.6. The van der Waals surface area contributed by atoms with Crippen LogP contribution in [0.25, 0.3) is 0 Å². The second kappa shape index (κ2) is 8.34. The molecule has 5 atom stereocenters. The van der Waals surface area contributed by atoms with E-state index in [4.69, 9.17) is 9.73 Å². The minimum Gasteiger partial charge on any atom is -0.377 e. The van der Waals surface area contributed by atoms with Gasteiger partial charge >= 0.3 is 0 Å². The molecular weight excluding hydrogens is 477 g/mol. The van der Waals surface area contributed by atoms with Gasteiger partial charge in [-0.05, 0) is 44.9 Å². The number of sulfone groups is 1. The van der Waals surface area contributed by atoms with Crippen molar-refractivity contribution in [3.8, 4) is 0 Å². The second-order valence-electron chi connectivity index (χ2n) is 8.86. The summed E-state index contributed by atoms with van der Waals surface area (Å²) in [7, 11) is -2.84. The summed E-state index contributed by atoms with van der Waals surface area (Å²) in [5.74, 6) is 2.24. The van der Waals surface area contributed by atoms with Crippen molar-refractivity contribution in [3.63, 3.8) is 0 Å². The number of rotatable bonds is 5. The maximum absolute atomic E-state index is 11.7. The molecule has 4 fully saturated rings. The van der Waals surface area contributed by atoms with E-state index in [2.05, 4.69) is 24.5 Å². The number of fused-ring (bicyclic) bond motifs is 2. The molecule has 5 unspecified atom stereocenters. The Balaban J connectivity index is 0.00000210. The highest BCUT2D eigenvalue weighted by Gasteiger charge is 2.66. The van der Waals surface area contributed by atoms with Gasteiger partial charge in [-0.15, -0.1) is 24.0 Å². The van der Waals surface area contributed by atoms with Crippen LogP contribution in [-0.4, -0.2) is 57.2 Å². The van der Waals surface area contributed by atoms with Crippen LogP contribution < -0.4 is 10.6 Å². The van der Waals surface area contributed by atoms with Crippen LogP contribution in [-0.2, 0) is 14.6 Å². The Labute approximate surface area is 180 Å². The van der Waals surface area contributed by atoms with Gasteiger partial charge in [-0.25, -0.2) is 8.42 Å². The number of halogens is 1. The van der Waals surface area contributed by atoms with E-state index in [1.54, 1.807) is 0 Å². The van der Waals surface area contributed by atoms with E-state index in [0.717, 1.165) is 31.8 Å². The van der Waals surface area contributed by atoms with E-state index in [1.807, 2.05) is 0 Å². The van der Waals surface area contributed by atoms with Crippen LogP contribution in [0.3, 0.4) is 0 Å². The van der Waals surface area contributed by atoms with Crippen LogP contribution in [0.15, 0.2) is 4.99 Å². The lowest BCUT2D eigenvalue weighted by molar-refractivity contribution is -0.171. The first-order valence-corrected chi connectivity index (χ1v) is 12.2. The van der Waals surface area contributed by atoms with Gasteiger partial charge in [0.05, 0.1) is 17.6 Å². The Hall–Kier alpha value is -0.0900. The van der Waals surface area contributed by atoms with Crippen molar-refractivity contribution in [3.05, 3.63) is 0 Å². The number of hydrogen-bond donors (Lipinski definition) is 2. The molecule has 27 heavy (non-hydrogen) atoms.